The molecule has 2 aliphatic rings. The molecule has 2 fully saturated rings. The van der Waals surface area contributed by atoms with Crippen LogP contribution in [0.3, 0.4) is 0 Å². The predicted octanol–water partition coefficient (Wildman–Crippen LogP) is 0.374. The van der Waals surface area contributed by atoms with E-state index >= 15 is 0 Å². The standard InChI is InChI=1S/C14H20N4O2/c19-13-6-5-12(16-17-13)14(20)18(8-10-3-4-10)9-11-2-1-7-15-11/h5-6,10-11,15H,1-4,7-9H2,(H,17,19). The predicted molar refractivity (Wildman–Crippen MR) is 74.5 cm³/mol. The van der Waals surface area contributed by atoms with Crippen molar-refractivity contribution in [2.75, 3.05) is 19.6 Å². The molecule has 108 valence electrons. The summed E-state index contributed by atoms with van der Waals surface area (Å²) in [5, 5.41) is 9.61. The van der Waals surface area contributed by atoms with Crippen LogP contribution in [0.2, 0.25) is 0 Å². The second-order valence-corrected chi connectivity index (χ2v) is 5.75. The second kappa shape index (κ2) is 5.75. The van der Waals surface area contributed by atoms with Gasteiger partial charge in [-0.3, -0.25) is 9.59 Å². The maximum Gasteiger partial charge on any atom is 0.274 e. The number of carbonyl (C=O) groups is 1. The number of aromatic amines is 1. The molecule has 1 aliphatic heterocycles. The molecule has 1 amide bonds. The van der Waals surface area contributed by atoms with Crippen molar-refractivity contribution in [3.05, 3.63) is 28.2 Å². The van der Waals surface area contributed by atoms with Crippen LogP contribution >= 0.6 is 0 Å². The summed E-state index contributed by atoms with van der Waals surface area (Å²) in [5.74, 6) is 0.560. The Morgan fingerprint density at radius 1 is 1.30 bits per heavy atom. The SMILES string of the molecule is O=C(c1ccc(=O)[nH]n1)N(CC1CC1)CC1CCCN1. The molecular formula is C14H20N4O2. The van der Waals surface area contributed by atoms with E-state index in [0.29, 0.717) is 17.7 Å². The maximum atomic E-state index is 12.5. The molecule has 0 radical (unpaired) electrons. The Morgan fingerprint density at radius 3 is 2.75 bits per heavy atom. The lowest BCUT2D eigenvalue weighted by Gasteiger charge is -2.25. The van der Waals surface area contributed by atoms with Crippen LogP contribution in [0.15, 0.2) is 16.9 Å². The zero-order valence-corrected chi connectivity index (χ0v) is 11.5. The van der Waals surface area contributed by atoms with E-state index in [4.69, 9.17) is 0 Å². The number of amides is 1. The maximum absolute atomic E-state index is 12.5. The van der Waals surface area contributed by atoms with Crippen LogP contribution < -0.4 is 10.9 Å². The minimum absolute atomic E-state index is 0.0816. The summed E-state index contributed by atoms with van der Waals surface area (Å²) in [7, 11) is 0. The lowest BCUT2D eigenvalue weighted by Crippen LogP contribution is -2.42. The van der Waals surface area contributed by atoms with Crippen molar-refractivity contribution in [2.45, 2.75) is 31.7 Å². The third-order valence-corrected chi connectivity index (χ3v) is 3.96. The first kappa shape index (κ1) is 13.3. The minimum Gasteiger partial charge on any atom is -0.335 e. The molecule has 3 rings (SSSR count). The third-order valence-electron chi connectivity index (χ3n) is 3.96. The van der Waals surface area contributed by atoms with Gasteiger partial charge in [0, 0.05) is 25.2 Å². The fourth-order valence-corrected chi connectivity index (χ4v) is 2.66. The van der Waals surface area contributed by atoms with Gasteiger partial charge in [-0.05, 0) is 44.2 Å². The van der Waals surface area contributed by atoms with Crippen LogP contribution in [0.5, 0.6) is 0 Å². The highest BCUT2D eigenvalue weighted by molar-refractivity contribution is 5.92. The molecule has 1 aromatic heterocycles. The molecule has 6 nitrogen and oxygen atoms in total. The summed E-state index contributed by atoms with van der Waals surface area (Å²) in [6.07, 6.45) is 4.71. The van der Waals surface area contributed by atoms with Gasteiger partial charge < -0.3 is 10.2 Å². The molecule has 6 heteroatoms. The molecule has 2 heterocycles. The normalized spacial score (nSPS) is 21.9. The molecule has 1 unspecified atom stereocenters. The average Bonchev–Trinajstić information content (AvgIpc) is 3.12. The number of nitrogens with one attached hydrogen (secondary N) is 2. The van der Waals surface area contributed by atoms with Gasteiger partial charge >= 0.3 is 0 Å². The highest BCUT2D eigenvalue weighted by Crippen LogP contribution is 2.30. The minimum atomic E-state index is -0.284. The van der Waals surface area contributed by atoms with E-state index in [0.717, 1.165) is 26.1 Å². The molecule has 1 aliphatic carbocycles. The van der Waals surface area contributed by atoms with Crippen LogP contribution in [0.4, 0.5) is 0 Å². The number of rotatable bonds is 5. The second-order valence-electron chi connectivity index (χ2n) is 5.75. The van der Waals surface area contributed by atoms with Gasteiger partial charge in [0.25, 0.3) is 11.5 Å². The summed E-state index contributed by atoms with van der Waals surface area (Å²) >= 11 is 0. The molecular weight excluding hydrogens is 256 g/mol. The van der Waals surface area contributed by atoms with Crippen molar-refractivity contribution in [1.29, 1.82) is 0 Å². The molecule has 1 atom stereocenters. The Kier molecular flexibility index (Phi) is 3.82. The van der Waals surface area contributed by atoms with Crippen molar-refractivity contribution in [1.82, 2.24) is 20.4 Å². The topological polar surface area (TPSA) is 78.1 Å². The number of aromatic nitrogens is 2. The van der Waals surface area contributed by atoms with Crippen molar-refractivity contribution in [2.24, 2.45) is 5.92 Å². The van der Waals surface area contributed by atoms with Gasteiger partial charge in [-0.2, -0.15) is 5.10 Å². The van der Waals surface area contributed by atoms with E-state index in [1.807, 2.05) is 4.90 Å². The number of hydrogen-bond donors (Lipinski definition) is 2. The molecule has 0 aromatic carbocycles. The van der Waals surface area contributed by atoms with Gasteiger partial charge in [0.15, 0.2) is 0 Å². The molecule has 1 saturated heterocycles. The molecule has 20 heavy (non-hydrogen) atoms. The smallest absolute Gasteiger partial charge is 0.274 e. The number of H-pyrrole nitrogens is 1. The molecule has 1 aromatic rings. The van der Waals surface area contributed by atoms with E-state index in [1.54, 1.807) is 0 Å². The van der Waals surface area contributed by atoms with Gasteiger partial charge in [0.1, 0.15) is 5.69 Å². The Hall–Kier alpha value is -1.69. The zero-order chi connectivity index (χ0) is 13.9. The van der Waals surface area contributed by atoms with Crippen molar-refractivity contribution >= 4 is 5.91 Å². The fraction of sp³-hybridized carbons (Fsp3) is 0.643. The Bertz CT molecular complexity index is 512. The average molecular weight is 276 g/mol. The van der Waals surface area contributed by atoms with Crippen LogP contribution in [-0.2, 0) is 0 Å². The summed E-state index contributed by atoms with van der Waals surface area (Å²) in [6, 6.07) is 3.24. The van der Waals surface area contributed by atoms with E-state index in [9.17, 15) is 9.59 Å². The van der Waals surface area contributed by atoms with Gasteiger partial charge in [-0.15, -0.1) is 0 Å². The fourth-order valence-electron chi connectivity index (χ4n) is 2.66. The largest absolute Gasteiger partial charge is 0.335 e. The first-order valence-corrected chi connectivity index (χ1v) is 7.31. The van der Waals surface area contributed by atoms with Crippen molar-refractivity contribution in [3.63, 3.8) is 0 Å². The van der Waals surface area contributed by atoms with Gasteiger partial charge in [0.2, 0.25) is 0 Å². The summed E-state index contributed by atoms with van der Waals surface area (Å²) in [4.78, 5) is 25.4. The quantitative estimate of drug-likeness (QED) is 0.814. The van der Waals surface area contributed by atoms with E-state index in [1.165, 1.54) is 31.4 Å². The van der Waals surface area contributed by atoms with Crippen LogP contribution in [-0.4, -0.2) is 46.7 Å². The highest BCUT2D eigenvalue weighted by atomic mass is 16.2. The van der Waals surface area contributed by atoms with Crippen LogP contribution in [0.1, 0.15) is 36.2 Å². The van der Waals surface area contributed by atoms with Gasteiger partial charge in [0.05, 0.1) is 0 Å². The summed E-state index contributed by atoms with van der Waals surface area (Å²) < 4.78 is 0. The Labute approximate surface area is 117 Å². The Balaban J connectivity index is 1.70. The highest BCUT2D eigenvalue weighted by Gasteiger charge is 2.30. The van der Waals surface area contributed by atoms with Crippen molar-refractivity contribution in [3.8, 4) is 0 Å². The molecule has 0 bridgehead atoms. The first-order valence-electron chi connectivity index (χ1n) is 7.31. The van der Waals surface area contributed by atoms with Gasteiger partial charge in [-0.1, -0.05) is 0 Å². The lowest BCUT2D eigenvalue weighted by atomic mass is 10.2. The molecule has 1 saturated carbocycles. The Morgan fingerprint density at radius 2 is 2.15 bits per heavy atom. The van der Waals surface area contributed by atoms with Crippen LogP contribution in [0, 0.1) is 5.92 Å². The molecule has 2 N–H and O–H groups in total. The third kappa shape index (κ3) is 3.25. The van der Waals surface area contributed by atoms with Crippen molar-refractivity contribution < 1.29 is 4.79 Å². The number of carbonyl (C=O) groups excluding carboxylic acids is 1. The number of hydrogen-bond acceptors (Lipinski definition) is 4. The lowest BCUT2D eigenvalue weighted by molar-refractivity contribution is 0.0726. The van der Waals surface area contributed by atoms with E-state index in [2.05, 4.69) is 15.5 Å². The monoisotopic (exact) mass is 276 g/mol. The van der Waals surface area contributed by atoms with Crippen LogP contribution in [0.25, 0.3) is 0 Å². The summed E-state index contributed by atoms with van der Waals surface area (Å²) in [5.41, 5.74) is 0.0380. The van der Waals surface area contributed by atoms with E-state index < -0.39 is 0 Å². The van der Waals surface area contributed by atoms with Gasteiger partial charge in [-0.25, -0.2) is 5.10 Å². The number of nitrogens with zero attached hydrogens (tertiary/aromatic N) is 2. The van der Waals surface area contributed by atoms with E-state index in [-0.39, 0.29) is 11.5 Å². The summed E-state index contributed by atoms with van der Waals surface area (Å²) in [6.45, 7) is 2.57. The zero-order valence-electron chi connectivity index (χ0n) is 11.5. The first-order chi connectivity index (χ1) is 9.72. The molecule has 0 spiro atoms.